The average molecular weight is 168 g/mol. The summed E-state index contributed by atoms with van der Waals surface area (Å²) in [6, 6.07) is 0. The van der Waals surface area contributed by atoms with E-state index in [-0.39, 0.29) is 31.0 Å². The summed E-state index contributed by atoms with van der Waals surface area (Å²) in [5.74, 6) is 0. The van der Waals surface area contributed by atoms with Gasteiger partial charge in [-0.2, -0.15) is 0 Å². The van der Waals surface area contributed by atoms with E-state index < -0.39 is 0 Å². The van der Waals surface area contributed by atoms with Gasteiger partial charge < -0.3 is 1.43 Å². The molecule has 5 heavy (non-hydrogen) atoms. The molecule has 0 fully saturated rings. The van der Waals surface area contributed by atoms with E-state index in [1.54, 1.807) is 0 Å². The Kier molecular flexibility index (Phi) is 144. The van der Waals surface area contributed by atoms with Crippen LogP contribution in [-0.2, 0) is 39.6 Å². The molecular weight excluding hydrogens is 167 g/mol. The first-order chi connectivity index (χ1) is 2.00. The molecule has 0 spiro atoms. The zero-order valence-electron chi connectivity index (χ0n) is 3.52. The summed E-state index contributed by atoms with van der Waals surface area (Å²) in [7, 11) is 0. The van der Waals surface area contributed by atoms with Crippen molar-refractivity contribution in [1.29, 1.82) is 0 Å². The molecule has 0 radical (unpaired) electrons. The first kappa shape index (κ1) is 15.9. The molecule has 0 saturated heterocycles. The first-order valence-electron chi connectivity index (χ1n) is 0.289. The van der Waals surface area contributed by atoms with Crippen molar-refractivity contribution in [2.24, 2.45) is 0 Å². The van der Waals surface area contributed by atoms with E-state index in [4.69, 9.17) is 7.67 Å². The maximum atomic E-state index is 8.00. The average Bonchev–Trinajstić information content (AvgIpc) is 1.50. The topological polar surface area (TPSA) is 34.1 Å². The van der Waals surface area contributed by atoms with Crippen LogP contribution in [0.5, 0.6) is 0 Å². The Hall–Kier alpha value is 1.64. The molecular formula is HFe2NaO2. The van der Waals surface area contributed by atoms with Crippen LogP contribution in [0.15, 0.2) is 0 Å². The van der Waals surface area contributed by atoms with E-state index in [1.807, 2.05) is 31.9 Å². The Morgan fingerprint density at radius 3 is 1.00 bits per heavy atom. The molecule has 0 aromatic rings. The van der Waals surface area contributed by atoms with Gasteiger partial charge in [0.15, 0.2) is 0 Å². The fraction of sp³-hybridized carbons (Fsp3) is 0. The van der Waals surface area contributed by atoms with Gasteiger partial charge >= 0.3 is 69.1 Å². The minimum atomic E-state index is 0. The molecule has 0 aliphatic rings. The van der Waals surface area contributed by atoms with Crippen LogP contribution >= 0.6 is 0 Å². The third-order valence-electron chi connectivity index (χ3n) is 0. The van der Waals surface area contributed by atoms with Crippen molar-refractivity contribution in [3.8, 4) is 0 Å². The molecule has 0 bridgehead atoms. The molecule has 0 rings (SSSR count). The molecule has 2 nitrogen and oxygen atoms in total. The molecule has 0 saturated carbocycles. The van der Waals surface area contributed by atoms with Gasteiger partial charge in [-0.15, -0.1) is 0 Å². The molecule has 0 unspecified atom stereocenters. The second-order valence-electron chi connectivity index (χ2n) is 0. The number of rotatable bonds is 0. The Morgan fingerprint density at radius 1 is 1.00 bits per heavy atom. The van der Waals surface area contributed by atoms with E-state index in [1.165, 1.54) is 0 Å². The zero-order chi connectivity index (χ0) is 4.00. The molecule has 0 aromatic heterocycles. The van der Waals surface area contributed by atoms with Crippen molar-refractivity contribution >= 4 is 0 Å². The van der Waals surface area contributed by atoms with E-state index >= 15 is 0 Å². The van der Waals surface area contributed by atoms with Crippen LogP contribution in [0.3, 0.4) is 0 Å². The fourth-order valence-electron chi connectivity index (χ4n) is 0. The van der Waals surface area contributed by atoms with Gasteiger partial charge in [0.2, 0.25) is 0 Å². The zero-order valence-corrected chi connectivity index (χ0v) is 6.73. The number of hydrogen-bond acceptors (Lipinski definition) is 2. The summed E-state index contributed by atoms with van der Waals surface area (Å²) in [5.41, 5.74) is 0. The van der Waals surface area contributed by atoms with Crippen molar-refractivity contribution in [1.82, 2.24) is 0 Å². The summed E-state index contributed by atoms with van der Waals surface area (Å²) < 4.78 is 16.0. The van der Waals surface area contributed by atoms with E-state index in [0.717, 1.165) is 0 Å². The molecule has 0 heterocycles. The van der Waals surface area contributed by atoms with Gasteiger partial charge in [-0.1, -0.05) is 0 Å². The maximum absolute atomic E-state index is 8.00. The predicted molar refractivity (Wildman–Crippen MR) is 2.49 cm³/mol. The van der Waals surface area contributed by atoms with Crippen molar-refractivity contribution < 1.29 is 70.5 Å². The second-order valence-corrected chi connectivity index (χ2v) is 0. The first-order valence-corrected chi connectivity index (χ1v) is 1.19. The summed E-state index contributed by atoms with van der Waals surface area (Å²) in [4.78, 5) is 0. The van der Waals surface area contributed by atoms with Gasteiger partial charge in [-0.05, 0) is 0 Å². The van der Waals surface area contributed by atoms with Crippen molar-refractivity contribution in [2.45, 2.75) is 0 Å². The van der Waals surface area contributed by atoms with Crippen LogP contribution < -0.4 is 29.6 Å². The SMILES string of the molecule is [H-].[Na+].[O]=[Fe].[O]=[Fe]. The summed E-state index contributed by atoms with van der Waals surface area (Å²) in [5, 5.41) is 0. The minimum absolute atomic E-state index is 0. The van der Waals surface area contributed by atoms with E-state index in [2.05, 4.69) is 0 Å². The van der Waals surface area contributed by atoms with Gasteiger partial charge in [0.1, 0.15) is 0 Å². The predicted octanol–water partition coefficient (Wildman–Crippen LogP) is -3.13. The van der Waals surface area contributed by atoms with Crippen molar-refractivity contribution in [3.05, 3.63) is 0 Å². The molecule has 0 atom stereocenters. The van der Waals surface area contributed by atoms with Crippen LogP contribution in [0, 0.1) is 0 Å². The molecule has 30 valence electrons. The van der Waals surface area contributed by atoms with Gasteiger partial charge in [-0.25, -0.2) is 0 Å². The second kappa shape index (κ2) is 45.2. The van der Waals surface area contributed by atoms with Crippen molar-refractivity contribution in [2.75, 3.05) is 0 Å². The molecule has 0 aromatic carbocycles. The monoisotopic (exact) mass is 168 g/mol. The van der Waals surface area contributed by atoms with Crippen LogP contribution in [0.25, 0.3) is 0 Å². The molecule has 0 amide bonds. The molecule has 0 N–H and O–H groups in total. The summed E-state index contributed by atoms with van der Waals surface area (Å²) >= 11 is 4.00. The van der Waals surface area contributed by atoms with Crippen LogP contribution in [0.1, 0.15) is 1.43 Å². The fourth-order valence-corrected chi connectivity index (χ4v) is 0. The molecule has 0 aliphatic carbocycles. The summed E-state index contributed by atoms with van der Waals surface area (Å²) in [6.07, 6.45) is 0. The van der Waals surface area contributed by atoms with Crippen LogP contribution in [-0.4, -0.2) is 0 Å². The molecule has 0 aliphatic heterocycles. The van der Waals surface area contributed by atoms with Gasteiger partial charge in [0.05, 0.1) is 0 Å². The Balaban J connectivity index is -0.00000000500. The van der Waals surface area contributed by atoms with Gasteiger partial charge in [0, 0.05) is 0 Å². The third-order valence-corrected chi connectivity index (χ3v) is 0. The Labute approximate surface area is 69.9 Å². The number of hydrogen-bond donors (Lipinski definition) is 0. The van der Waals surface area contributed by atoms with Crippen molar-refractivity contribution in [3.63, 3.8) is 0 Å². The van der Waals surface area contributed by atoms with Gasteiger partial charge in [-0.3, -0.25) is 0 Å². The van der Waals surface area contributed by atoms with E-state index in [9.17, 15) is 0 Å². The van der Waals surface area contributed by atoms with Crippen LogP contribution in [0.4, 0.5) is 0 Å². The standard InChI is InChI=1S/2Fe.Na.2O.H/q;;+1;;;-1. The molecule has 5 heteroatoms. The Bertz CT molecular complexity index is 13.5. The van der Waals surface area contributed by atoms with Gasteiger partial charge in [0.25, 0.3) is 0 Å². The Morgan fingerprint density at radius 2 is 1.00 bits per heavy atom. The third kappa shape index (κ3) is 27.8. The summed E-state index contributed by atoms with van der Waals surface area (Å²) in [6.45, 7) is 0. The normalized spacial score (nSPS) is 2.00. The van der Waals surface area contributed by atoms with Crippen LogP contribution in [0.2, 0.25) is 0 Å². The quantitative estimate of drug-likeness (QED) is 0.358. The van der Waals surface area contributed by atoms with E-state index in [0.29, 0.717) is 0 Å².